The van der Waals surface area contributed by atoms with E-state index < -0.39 is 10.9 Å². The molecule has 0 fully saturated rings. The van der Waals surface area contributed by atoms with E-state index in [4.69, 9.17) is 4.74 Å². The van der Waals surface area contributed by atoms with Gasteiger partial charge in [0.15, 0.2) is 0 Å². The van der Waals surface area contributed by atoms with E-state index in [1.807, 2.05) is 36.5 Å². The molecule has 0 atom stereocenters. The smallest absolute Gasteiger partial charge is 0.340 e. The Morgan fingerprint density at radius 1 is 1.26 bits per heavy atom. The highest BCUT2D eigenvalue weighted by Crippen LogP contribution is 2.23. The Kier molecular flexibility index (Phi) is 5.46. The third kappa shape index (κ3) is 4.30. The molecule has 3 aromatic rings. The average Bonchev–Trinajstić information content (AvgIpc) is 3.22. The zero-order valence-electron chi connectivity index (χ0n) is 14.7. The van der Waals surface area contributed by atoms with Gasteiger partial charge in [0.2, 0.25) is 0 Å². The van der Waals surface area contributed by atoms with Crippen LogP contribution in [-0.2, 0) is 11.2 Å². The minimum absolute atomic E-state index is 0.140. The highest BCUT2D eigenvalue weighted by Gasteiger charge is 2.17. The minimum Gasteiger partial charge on any atom is -0.465 e. The Labute approximate surface area is 155 Å². The predicted octanol–water partition coefficient (Wildman–Crippen LogP) is 3.22. The first-order valence-electron chi connectivity index (χ1n) is 8.28. The van der Waals surface area contributed by atoms with Crippen molar-refractivity contribution in [1.82, 2.24) is 9.78 Å². The SMILES string of the molecule is COC(=O)c1cc([N+](=O)[O-])ccc1NCCc1ccc(-n2cccn2)cc1. The number of esters is 1. The predicted molar refractivity (Wildman–Crippen MR) is 100 cm³/mol. The summed E-state index contributed by atoms with van der Waals surface area (Å²) in [6, 6.07) is 13.9. The van der Waals surface area contributed by atoms with Gasteiger partial charge in [-0.2, -0.15) is 5.10 Å². The van der Waals surface area contributed by atoms with Gasteiger partial charge in [0.25, 0.3) is 5.69 Å². The summed E-state index contributed by atoms with van der Waals surface area (Å²) < 4.78 is 6.49. The topological polar surface area (TPSA) is 99.3 Å². The van der Waals surface area contributed by atoms with Crippen LogP contribution in [0.1, 0.15) is 15.9 Å². The number of nitro benzene ring substituents is 1. The summed E-state index contributed by atoms with van der Waals surface area (Å²) in [6.07, 6.45) is 4.32. The molecule has 27 heavy (non-hydrogen) atoms. The largest absolute Gasteiger partial charge is 0.465 e. The number of carbonyl (C=O) groups excluding carboxylic acids is 1. The van der Waals surface area contributed by atoms with Crippen molar-refractivity contribution >= 4 is 17.3 Å². The van der Waals surface area contributed by atoms with Crippen molar-refractivity contribution in [1.29, 1.82) is 0 Å². The molecular formula is C19H18N4O4. The van der Waals surface area contributed by atoms with Crippen LogP contribution in [0.15, 0.2) is 60.9 Å². The van der Waals surface area contributed by atoms with Crippen molar-refractivity contribution in [3.8, 4) is 5.69 Å². The van der Waals surface area contributed by atoms with Crippen LogP contribution in [0.25, 0.3) is 5.69 Å². The number of non-ortho nitro benzene ring substituents is 1. The van der Waals surface area contributed by atoms with Crippen molar-refractivity contribution in [2.24, 2.45) is 0 Å². The van der Waals surface area contributed by atoms with Crippen LogP contribution in [0.5, 0.6) is 0 Å². The van der Waals surface area contributed by atoms with Crippen molar-refractivity contribution < 1.29 is 14.5 Å². The van der Waals surface area contributed by atoms with E-state index in [-0.39, 0.29) is 11.3 Å². The number of anilines is 1. The fourth-order valence-electron chi connectivity index (χ4n) is 2.66. The molecule has 0 unspecified atom stereocenters. The van der Waals surface area contributed by atoms with Crippen LogP contribution in [0.4, 0.5) is 11.4 Å². The van der Waals surface area contributed by atoms with Gasteiger partial charge in [-0.25, -0.2) is 9.48 Å². The molecule has 0 saturated heterocycles. The Morgan fingerprint density at radius 3 is 2.67 bits per heavy atom. The van der Waals surface area contributed by atoms with Crippen molar-refractivity contribution in [2.75, 3.05) is 19.0 Å². The highest BCUT2D eigenvalue weighted by molar-refractivity contribution is 5.96. The zero-order valence-corrected chi connectivity index (χ0v) is 14.7. The number of nitrogens with one attached hydrogen (secondary N) is 1. The molecule has 0 radical (unpaired) electrons. The highest BCUT2D eigenvalue weighted by atomic mass is 16.6. The van der Waals surface area contributed by atoms with Crippen molar-refractivity contribution in [3.63, 3.8) is 0 Å². The lowest BCUT2D eigenvalue weighted by atomic mass is 10.1. The van der Waals surface area contributed by atoms with Crippen LogP contribution in [0.3, 0.4) is 0 Å². The number of hydrogen-bond acceptors (Lipinski definition) is 6. The van der Waals surface area contributed by atoms with Crippen molar-refractivity contribution in [3.05, 3.63) is 82.2 Å². The zero-order chi connectivity index (χ0) is 19.2. The third-order valence-corrected chi connectivity index (χ3v) is 4.05. The van der Waals surface area contributed by atoms with E-state index in [1.165, 1.54) is 25.3 Å². The Morgan fingerprint density at radius 2 is 2.04 bits per heavy atom. The molecule has 2 aromatic carbocycles. The number of ether oxygens (including phenoxy) is 1. The average molecular weight is 366 g/mol. The van der Waals surface area contributed by atoms with Crippen LogP contribution < -0.4 is 5.32 Å². The van der Waals surface area contributed by atoms with Crippen molar-refractivity contribution in [2.45, 2.75) is 6.42 Å². The van der Waals surface area contributed by atoms with Gasteiger partial charge in [0.05, 0.1) is 23.3 Å². The maximum absolute atomic E-state index is 11.9. The van der Waals surface area contributed by atoms with Crippen LogP contribution in [0, 0.1) is 10.1 Å². The molecule has 0 saturated carbocycles. The number of carbonyl (C=O) groups is 1. The van der Waals surface area contributed by atoms with Gasteiger partial charge in [-0.3, -0.25) is 10.1 Å². The van der Waals surface area contributed by atoms with Gasteiger partial charge in [-0.15, -0.1) is 0 Å². The summed E-state index contributed by atoms with van der Waals surface area (Å²) in [7, 11) is 1.24. The Hall–Kier alpha value is -3.68. The first-order valence-corrected chi connectivity index (χ1v) is 8.28. The number of methoxy groups -OCH3 is 1. The van der Waals surface area contributed by atoms with E-state index >= 15 is 0 Å². The lowest BCUT2D eigenvalue weighted by Crippen LogP contribution is -2.11. The fraction of sp³-hybridized carbons (Fsp3) is 0.158. The van der Waals surface area contributed by atoms with E-state index in [0.29, 0.717) is 12.2 Å². The first-order chi connectivity index (χ1) is 13.1. The van der Waals surface area contributed by atoms with Gasteiger partial charge < -0.3 is 10.1 Å². The van der Waals surface area contributed by atoms with Crippen LogP contribution in [0.2, 0.25) is 0 Å². The summed E-state index contributed by atoms with van der Waals surface area (Å²) in [4.78, 5) is 22.3. The molecule has 138 valence electrons. The number of hydrogen-bond donors (Lipinski definition) is 1. The van der Waals surface area contributed by atoms with Gasteiger partial charge in [-0.1, -0.05) is 12.1 Å². The number of nitro groups is 1. The molecule has 8 nitrogen and oxygen atoms in total. The summed E-state index contributed by atoms with van der Waals surface area (Å²) in [5.74, 6) is -0.621. The summed E-state index contributed by atoms with van der Waals surface area (Å²) in [5.41, 5.74) is 2.57. The molecule has 0 spiro atoms. The summed E-state index contributed by atoms with van der Waals surface area (Å²) in [5, 5.41) is 18.2. The number of nitrogens with zero attached hydrogens (tertiary/aromatic N) is 3. The maximum atomic E-state index is 11.9. The lowest BCUT2D eigenvalue weighted by Gasteiger charge is -2.11. The third-order valence-electron chi connectivity index (χ3n) is 4.05. The van der Waals surface area contributed by atoms with Gasteiger partial charge in [0, 0.05) is 36.8 Å². The minimum atomic E-state index is -0.621. The van der Waals surface area contributed by atoms with Crippen LogP contribution >= 0.6 is 0 Å². The van der Waals surface area contributed by atoms with E-state index in [0.717, 1.165) is 17.7 Å². The molecular weight excluding hydrogens is 348 g/mol. The monoisotopic (exact) mass is 366 g/mol. The van der Waals surface area contributed by atoms with Gasteiger partial charge in [0.1, 0.15) is 0 Å². The van der Waals surface area contributed by atoms with E-state index in [9.17, 15) is 14.9 Å². The number of aromatic nitrogens is 2. The normalized spacial score (nSPS) is 10.4. The molecule has 1 aromatic heterocycles. The number of rotatable bonds is 7. The van der Waals surface area contributed by atoms with E-state index in [2.05, 4.69) is 10.4 Å². The standard InChI is InChI=1S/C19H18N4O4/c1-27-19(24)17-13-16(23(25)26)7-8-18(17)20-11-9-14-3-5-15(6-4-14)22-12-2-10-21-22/h2-8,10,12-13,20H,9,11H2,1H3. The fourth-order valence-corrected chi connectivity index (χ4v) is 2.66. The van der Waals surface area contributed by atoms with Gasteiger partial charge >= 0.3 is 5.97 Å². The number of benzene rings is 2. The summed E-state index contributed by atoms with van der Waals surface area (Å²) in [6.45, 7) is 0.558. The Bertz CT molecular complexity index is 937. The molecule has 8 heteroatoms. The maximum Gasteiger partial charge on any atom is 0.340 e. The quantitative estimate of drug-likeness (QED) is 0.391. The molecule has 0 aliphatic heterocycles. The first kappa shape index (κ1) is 18.1. The summed E-state index contributed by atoms with van der Waals surface area (Å²) >= 11 is 0. The molecule has 0 bridgehead atoms. The molecule has 3 rings (SSSR count). The second kappa shape index (κ2) is 8.13. The molecule has 0 aliphatic rings. The van der Waals surface area contributed by atoms with Crippen LogP contribution in [-0.4, -0.2) is 34.3 Å². The second-order valence-electron chi connectivity index (χ2n) is 5.77. The molecule has 0 aliphatic carbocycles. The molecule has 1 N–H and O–H groups in total. The second-order valence-corrected chi connectivity index (χ2v) is 5.77. The Balaban J connectivity index is 1.66. The molecule has 0 amide bonds. The van der Waals surface area contributed by atoms with Gasteiger partial charge in [-0.05, 0) is 36.2 Å². The van der Waals surface area contributed by atoms with E-state index in [1.54, 1.807) is 10.9 Å². The molecule has 1 heterocycles. The lowest BCUT2D eigenvalue weighted by molar-refractivity contribution is -0.384.